The average molecular weight is 405 g/mol. The van der Waals surface area contributed by atoms with Gasteiger partial charge in [-0.2, -0.15) is 9.61 Å². The van der Waals surface area contributed by atoms with Crippen molar-refractivity contribution in [2.75, 3.05) is 4.90 Å². The zero-order valence-electron chi connectivity index (χ0n) is 19.9. The Morgan fingerprint density at radius 1 is 0.967 bits per heavy atom. The lowest BCUT2D eigenvalue weighted by Crippen LogP contribution is -2.46. The van der Waals surface area contributed by atoms with Gasteiger partial charge in [-0.15, -0.1) is 0 Å². The molecule has 4 rings (SSSR count). The van der Waals surface area contributed by atoms with Crippen LogP contribution in [0, 0.1) is 34.6 Å². The van der Waals surface area contributed by atoms with Gasteiger partial charge < -0.3 is 4.90 Å². The Morgan fingerprint density at radius 2 is 1.60 bits per heavy atom. The Balaban J connectivity index is 2.06. The van der Waals surface area contributed by atoms with E-state index in [9.17, 15) is 0 Å². The predicted octanol–water partition coefficient (Wildman–Crippen LogP) is 6.27. The summed E-state index contributed by atoms with van der Waals surface area (Å²) in [5.74, 6) is 1.28. The maximum absolute atomic E-state index is 5.14. The van der Waals surface area contributed by atoms with E-state index >= 15 is 0 Å². The van der Waals surface area contributed by atoms with Gasteiger partial charge in [0.25, 0.3) is 0 Å². The Hall–Kier alpha value is -2.36. The van der Waals surface area contributed by atoms with E-state index in [2.05, 4.69) is 76.9 Å². The third-order valence-corrected chi connectivity index (χ3v) is 7.01. The van der Waals surface area contributed by atoms with Crippen LogP contribution in [0.1, 0.15) is 73.7 Å². The van der Waals surface area contributed by atoms with Gasteiger partial charge in [-0.3, -0.25) is 0 Å². The fourth-order valence-electron chi connectivity index (χ4n) is 5.62. The third-order valence-electron chi connectivity index (χ3n) is 7.01. The molecule has 0 aliphatic carbocycles. The monoisotopic (exact) mass is 404 g/mol. The van der Waals surface area contributed by atoms with Gasteiger partial charge in [0.15, 0.2) is 5.65 Å². The minimum Gasteiger partial charge on any atom is -0.351 e. The SMILES string of the molecule is CCC(CC)N1c2c(c(C)nc3c(-c4c(C)cc(C)cc4C)c(C)nn23)CCC1C. The van der Waals surface area contributed by atoms with E-state index in [-0.39, 0.29) is 0 Å². The largest absolute Gasteiger partial charge is 0.351 e. The summed E-state index contributed by atoms with van der Waals surface area (Å²) in [4.78, 5) is 7.78. The molecule has 30 heavy (non-hydrogen) atoms. The van der Waals surface area contributed by atoms with Gasteiger partial charge in [0.05, 0.1) is 11.3 Å². The first-order chi connectivity index (χ1) is 14.3. The van der Waals surface area contributed by atoms with Crippen LogP contribution in [0.5, 0.6) is 0 Å². The van der Waals surface area contributed by atoms with Crippen molar-refractivity contribution in [3.63, 3.8) is 0 Å². The summed E-state index contributed by atoms with van der Waals surface area (Å²) in [6.45, 7) is 17.9. The molecule has 1 unspecified atom stereocenters. The van der Waals surface area contributed by atoms with Gasteiger partial charge in [0.1, 0.15) is 5.82 Å². The number of nitrogens with zero attached hydrogens (tertiary/aromatic N) is 4. The highest BCUT2D eigenvalue weighted by molar-refractivity contribution is 5.85. The zero-order valence-corrected chi connectivity index (χ0v) is 19.9. The van der Waals surface area contributed by atoms with Gasteiger partial charge in [0.2, 0.25) is 0 Å². The van der Waals surface area contributed by atoms with Gasteiger partial charge in [-0.1, -0.05) is 31.5 Å². The fourth-order valence-corrected chi connectivity index (χ4v) is 5.62. The summed E-state index contributed by atoms with van der Waals surface area (Å²) >= 11 is 0. The first-order valence-electron chi connectivity index (χ1n) is 11.5. The van der Waals surface area contributed by atoms with E-state index in [0.717, 1.165) is 36.3 Å². The van der Waals surface area contributed by atoms with E-state index in [0.29, 0.717) is 12.1 Å². The molecular weight excluding hydrogens is 368 g/mol. The molecule has 0 bridgehead atoms. The quantitative estimate of drug-likeness (QED) is 0.514. The van der Waals surface area contributed by atoms with Gasteiger partial charge >= 0.3 is 0 Å². The third kappa shape index (κ3) is 3.12. The first kappa shape index (κ1) is 20.9. The molecule has 0 amide bonds. The molecular formula is C26H36N4. The number of hydrogen-bond acceptors (Lipinski definition) is 3. The average Bonchev–Trinajstić information content (AvgIpc) is 2.99. The summed E-state index contributed by atoms with van der Waals surface area (Å²) in [5.41, 5.74) is 11.0. The second kappa shape index (κ2) is 7.72. The van der Waals surface area contributed by atoms with Crippen molar-refractivity contribution < 1.29 is 0 Å². The van der Waals surface area contributed by atoms with E-state index in [4.69, 9.17) is 10.1 Å². The molecule has 2 aromatic heterocycles. The fraction of sp³-hybridized carbons (Fsp3) is 0.538. The Kier molecular flexibility index (Phi) is 5.37. The van der Waals surface area contributed by atoms with E-state index in [1.165, 1.54) is 45.6 Å². The van der Waals surface area contributed by atoms with Crippen LogP contribution in [0.2, 0.25) is 0 Å². The van der Waals surface area contributed by atoms with E-state index < -0.39 is 0 Å². The molecule has 160 valence electrons. The zero-order chi connectivity index (χ0) is 21.7. The Morgan fingerprint density at radius 3 is 2.20 bits per heavy atom. The van der Waals surface area contributed by atoms with Gasteiger partial charge in [-0.25, -0.2) is 4.98 Å². The number of aryl methyl sites for hydroxylation is 5. The van der Waals surface area contributed by atoms with Crippen molar-refractivity contribution in [1.29, 1.82) is 0 Å². The molecule has 1 atom stereocenters. The molecule has 0 spiro atoms. The summed E-state index contributed by atoms with van der Waals surface area (Å²) < 4.78 is 2.17. The summed E-state index contributed by atoms with van der Waals surface area (Å²) in [6.07, 6.45) is 4.55. The molecule has 0 saturated carbocycles. The first-order valence-corrected chi connectivity index (χ1v) is 11.5. The van der Waals surface area contributed by atoms with Crippen LogP contribution < -0.4 is 4.90 Å². The molecule has 4 heteroatoms. The molecule has 0 fully saturated rings. The summed E-state index contributed by atoms with van der Waals surface area (Å²) in [5, 5.41) is 5.10. The maximum atomic E-state index is 5.14. The highest BCUT2D eigenvalue weighted by Gasteiger charge is 2.33. The van der Waals surface area contributed by atoms with Crippen molar-refractivity contribution in [3.8, 4) is 11.1 Å². The molecule has 4 nitrogen and oxygen atoms in total. The Bertz CT molecular complexity index is 1080. The molecule has 3 heterocycles. The molecule has 1 aromatic carbocycles. The number of hydrogen-bond donors (Lipinski definition) is 0. The van der Waals surface area contributed by atoms with Crippen molar-refractivity contribution in [3.05, 3.63) is 45.8 Å². The molecule has 1 aliphatic rings. The van der Waals surface area contributed by atoms with Crippen LogP contribution >= 0.6 is 0 Å². The van der Waals surface area contributed by atoms with Gasteiger partial charge in [-0.05, 0) is 83.9 Å². The smallest absolute Gasteiger partial charge is 0.165 e. The van der Waals surface area contributed by atoms with Crippen molar-refractivity contribution >= 4 is 11.5 Å². The van der Waals surface area contributed by atoms with Crippen LogP contribution in [-0.2, 0) is 6.42 Å². The standard InChI is InChI=1S/C26H36N4/c1-9-21(10-2)29-18(6)11-12-22-19(7)27-25-24(20(8)28-30(25)26(22)29)23-16(4)13-15(3)14-17(23)5/h13-14,18,21H,9-12H2,1-8H3. The van der Waals surface area contributed by atoms with Crippen LogP contribution in [0.15, 0.2) is 12.1 Å². The van der Waals surface area contributed by atoms with Crippen LogP contribution in [0.25, 0.3) is 16.8 Å². The molecule has 0 radical (unpaired) electrons. The van der Waals surface area contributed by atoms with Crippen molar-refractivity contribution in [2.24, 2.45) is 0 Å². The summed E-state index contributed by atoms with van der Waals surface area (Å²) in [6, 6.07) is 5.59. The number of rotatable bonds is 4. The highest BCUT2D eigenvalue weighted by atomic mass is 15.4. The minimum atomic E-state index is 0.517. The van der Waals surface area contributed by atoms with Gasteiger partial charge in [0, 0.05) is 23.3 Å². The Labute approximate surface area is 181 Å². The summed E-state index contributed by atoms with van der Waals surface area (Å²) in [7, 11) is 0. The van der Waals surface area contributed by atoms with Crippen LogP contribution in [-0.4, -0.2) is 26.7 Å². The molecule has 0 saturated heterocycles. The lowest BCUT2D eigenvalue weighted by Gasteiger charge is -2.42. The van der Waals surface area contributed by atoms with Crippen molar-refractivity contribution in [2.45, 2.75) is 93.2 Å². The number of anilines is 1. The van der Waals surface area contributed by atoms with Crippen molar-refractivity contribution in [1.82, 2.24) is 14.6 Å². The van der Waals surface area contributed by atoms with Crippen LogP contribution in [0.3, 0.4) is 0 Å². The number of fused-ring (bicyclic) bond motifs is 3. The molecule has 3 aromatic rings. The maximum Gasteiger partial charge on any atom is 0.165 e. The van der Waals surface area contributed by atoms with E-state index in [1.54, 1.807) is 0 Å². The topological polar surface area (TPSA) is 33.4 Å². The predicted molar refractivity (Wildman–Crippen MR) is 127 cm³/mol. The number of aromatic nitrogens is 3. The molecule has 1 aliphatic heterocycles. The molecule has 0 N–H and O–H groups in total. The van der Waals surface area contributed by atoms with Crippen LogP contribution in [0.4, 0.5) is 5.82 Å². The normalized spacial score (nSPS) is 16.6. The minimum absolute atomic E-state index is 0.517. The lowest BCUT2D eigenvalue weighted by atomic mass is 9.93. The second-order valence-electron chi connectivity index (χ2n) is 9.23. The lowest BCUT2D eigenvalue weighted by molar-refractivity contribution is 0.452. The second-order valence-corrected chi connectivity index (χ2v) is 9.23. The van der Waals surface area contributed by atoms with E-state index in [1.807, 2.05) is 0 Å². The highest BCUT2D eigenvalue weighted by Crippen LogP contribution is 2.40. The number of benzene rings is 1.